The first-order valence-corrected chi connectivity index (χ1v) is 14.4. The molecule has 1 aliphatic carbocycles. The molecule has 38 heavy (non-hydrogen) atoms. The summed E-state index contributed by atoms with van der Waals surface area (Å²) in [5, 5.41) is -0.581. The Morgan fingerprint density at radius 2 is 1.55 bits per heavy atom. The number of rotatable bonds is 9. The van der Waals surface area contributed by atoms with Crippen LogP contribution >= 0.6 is 0 Å². The third kappa shape index (κ3) is 6.30. The Balaban J connectivity index is 1.47. The number of benzene rings is 3. The van der Waals surface area contributed by atoms with E-state index in [-0.39, 0.29) is 5.39 Å². The first-order chi connectivity index (χ1) is 18.0. The summed E-state index contributed by atoms with van der Waals surface area (Å²) in [4.78, 5) is 0. The quantitative estimate of drug-likeness (QED) is 0.115. The highest BCUT2D eigenvalue weighted by molar-refractivity contribution is 7.88. The maximum atomic E-state index is 14.9. The average Bonchev–Trinajstić information content (AvgIpc) is 2.88. The van der Waals surface area contributed by atoms with Gasteiger partial charge in [-0.2, -0.15) is 21.6 Å². The smallest absolute Gasteiger partial charge is 0.373 e. The highest BCUT2D eigenvalue weighted by Gasteiger charge is 2.49. The van der Waals surface area contributed by atoms with Crippen LogP contribution in [0.5, 0.6) is 5.75 Å². The van der Waals surface area contributed by atoms with Crippen molar-refractivity contribution in [2.24, 2.45) is 5.92 Å². The van der Waals surface area contributed by atoms with E-state index in [4.69, 9.17) is 0 Å². The summed E-state index contributed by atoms with van der Waals surface area (Å²) in [7, 11) is -6.09. The van der Waals surface area contributed by atoms with E-state index in [1.165, 1.54) is 56.6 Å². The minimum absolute atomic E-state index is 0.0654. The summed E-state index contributed by atoms with van der Waals surface area (Å²) >= 11 is 0. The minimum atomic E-state index is -6.09. The maximum Gasteiger partial charge on any atom is 0.534 e. The van der Waals surface area contributed by atoms with Crippen molar-refractivity contribution in [2.45, 2.75) is 76.1 Å². The summed E-state index contributed by atoms with van der Waals surface area (Å²) in [5.74, 6) is -2.48. The molecule has 0 amide bonds. The molecule has 9 heteroatoms. The zero-order chi connectivity index (χ0) is 27.5. The van der Waals surface area contributed by atoms with Crippen molar-refractivity contribution >= 4 is 20.9 Å². The molecule has 0 radical (unpaired) electrons. The van der Waals surface area contributed by atoms with Crippen LogP contribution in [0.4, 0.5) is 22.0 Å². The second-order valence-corrected chi connectivity index (χ2v) is 11.6. The molecule has 0 bridgehead atoms. The molecule has 0 heterocycles. The lowest BCUT2D eigenvalue weighted by Gasteiger charge is -2.29. The van der Waals surface area contributed by atoms with E-state index in [0.29, 0.717) is 17.0 Å². The fraction of sp³-hybridized carbons (Fsp3) is 0.448. The molecular formula is C29H31F5O3S. The zero-order valence-electron chi connectivity index (χ0n) is 21.2. The summed E-state index contributed by atoms with van der Waals surface area (Å²) in [6.07, 6.45) is 11.3. The van der Waals surface area contributed by atoms with Crippen molar-refractivity contribution in [3.05, 3.63) is 65.7 Å². The molecule has 0 unspecified atom stereocenters. The summed E-state index contributed by atoms with van der Waals surface area (Å²) < 4.78 is 93.9. The number of alkyl halides is 3. The minimum Gasteiger partial charge on any atom is -0.373 e. The lowest BCUT2D eigenvalue weighted by Crippen LogP contribution is -2.28. The van der Waals surface area contributed by atoms with E-state index in [9.17, 15) is 30.4 Å². The van der Waals surface area contributed by atoms with Crippen LogP contribution in [0.2, 0.25) is 0 Å². The van der Waals surface area contributed by atoms with E-state index in [1.807, 2.05) is 24.3 Å². The molecule has 3 aromatic carbocycles. The van der Waals surface area contributed by atoms with Gasteiger partial charge in [0, 0.05) is 0 Å². The molecule has 0 N–H and O–H groups in total. The molecule has 3 nitrogen and oxygen atoms in total. The molecular weight excluding hydrogens is 523 g/mol. The molecule has 3 aromatic rings. The Morgan fingerprint density at radius 3 is 2.18 bits per heavy atom. The molecule has 0 aromatic heterocycles. The summed E-state index contributed by atoms with van der Waals surface area (Å²) in [5.41, 5.74) is -3.33. The number of unbranched alkanes of at least 4 members (excludes halogenated alkanes) is 3. The van der Waals surface area contributed by atoms with Gasteiger partial charge >= 0.3 is 15.6 Å². The van der Waals surface area contributed by atoms with Crippen LogP contribution in [0.15, 0.2) is 48.5 Å². The second kappa shape index (κ2) is 11.6. The monoisotopic (exact) mass is 554 g/mol. The predicted octanol–water partition coefficient (Wildman–Crippen LogP) is 9.26. The SMILES string of the molecule is CCCCCCC1CCC(c2ccc(-c3cc(F)c4c(F)c(OS(=O)(=O)C(F)(F)F)ccc4c3)cc2)CC1. The van der Waals surface area contributed by atoms with Gasteiger partial charge in [-0.1, -0.05) is 69.4 Å². The van der Waals surface area contributed by atoms with Gasteiger partial charge in [0.15, 0.2) is 11.6 Å². The van der Waals surface area contributed by atoms with Crippen LogP contribution in [0, 0.1) is 17.6 Å². The van der Waals surface area contributed by atoms with Crippen molar-refractivity contribution < 1.29 is 34.6 Å². The highest BCUT2D eigenvalue weighted by atomic mass is 32.2. The third-order valence-corrected chi connectivity index (χ3v) is 8.45. The van der Waals surface area contributed by atoms with Gasteiger partial charge in [0.05, 0.1) is 5.39 Å². The van der Waals surface area contributed by atoms with Crippen LogP contribution in [-0.4, -0.2) is 13.9 Å². The summed E-state index contributed by atoms with van der Waals surface area (Å²) in [6, 6.07) is 12.3. The standard InChI is InChI=1S/C29H31F5O3S/c1-2-3-4-5-6-19-7-9-20(10-8-19)21-11-13-22(14-12-21)24-17-23-15-16-26(28(31)27(23)25(30)18-24)37-38(35,36)29(32,33)34/h11-20H,2-10H2,1H3. The lowest BCUT2D eigenvalue weighted by atomic mass is 9.77. The Hall–Kier alpha value is -2.68. The summed E-state index contributed by atoms with van der Waals surface area (Å²) in [6.45, 7) is 2.22. The van der Waals surface area contributed by atoms with E-state index in [0.717, 1.165) is 37.0 Å². The largest absolute Gasteiger partial charge is 0.534 e. The number of hydrogen-bond acceptors (Lipinski definition) is 3. The molecule has 0 aliphatic heterocycles. The first kappa shape index (κ1) is 28.3. The number of fused-ring (bicyclic) bond motifs is 1. The van der Waals surface area contributed by atoms with E-state index in [2.05, 4.69) is 11.1 Å². The Morgan fingerprint density at radius 1 is 0.868 bits per heavy atom. The zero-order valence-corrected chi connectivity index (χ0v) is 22.0. The Kier molecular flexibility index (Phi) is 8.65. The molecule has 1 fully saturated rings. The van der Waals surface area contributed by atoms with Gasteiger partial charge in [0.1, 0.15) is 5.82 Å². The molecule has 0 atom stereocenters. The molecule has 1 saturated carbocycles. The first-order valence-electron chi connectivity index (χ1n) is 13.0. The molecule has 4 rings (SSSR count). The van der Waals surface area contributed by atoms with Gasteiger partial charge in [0.2, 0.25) is 0 Å². The lowest BCUT2D eigenvalue weighted by molar-refractivity contribution is -0.0500. The van der Waals surface area contributed by atoms with Crippen molar-refractivity contribution in [1.29, 1.82) is 0 Å². The van der Waals surface area contributed by atoms with Crippen LogP contribution in [0.1, 0.15) is 76.2 Å². The molecule has 0 saturated heterocycles. The highest BCUT2D eigenvalue weighted by Crippen LogP contribution is 2.39. The van der Waals surface area contributed by atoms with Crippen LogP contribution in [-0.2, 0) is 10.1 Å². The maximum absolute atomic E-state index is 14.9. The normalized spacial score (nSPS) is 18.6. The Labute approximate surface area is 220 Å². The number of halogens is 5. The fourth-order valence-corrected chi connectivity index (χ4v) is 5.80. The van der Waals surface area contributed by atoms with Gasteiger partial charge in [0.25, 0.3) is 0 Å². The molecule has 206 valence electrons. The van der Waals surface area contributed by atoms with Crippen molar-refractivity contribution in [3.63, 3.8) is 0 Å². The van der Waals surface area contributed by atoms with Crippen molar-refractivity contribution in [3.8, 4) is 16.9 Å². The van der Waals surface area contributed by atoms with E-state index in [1.54, 1.807) is 0 Å². The number of hydrogen-bond donors (Lipinski definition) is 0. The predicted molar refractivity (Wildman–Crippen MR) is 138 cm³/mol. The topological polar surface area (TPSA) is 43.4 Å². The molecule has 1 aliphatic rings. The van der Waals surface area contributed by atoms with Crippen molar-refractivity contribution in [1.82, 2.24) is 0 Å². The van der Waals surface area contributed by atoms with Gasteiger partial charge in [-0.05, 0) is 77.8 Å². The van der Waals surface area contributed by atoms with Crippen LogP contribution in [0.25, 0.3) is 21.9 Å². The average molecular weight is 555 g/mol. The molecule has 0 spiro atoms. The van der Waals surface area contributed by atoms with E-state index < -0.39 is 38.4 Å². The van der Waals surface area contributed by atoms with Crippen molar-refractivity contribution in [2.75, 3.05) is 0 Å². The van der Waals surface area contributed by atoms with Gasteiger partial charge in [-0.3, -0.25) is 0 Å². The third-order valence-electron chi connectivity index (χ3n) is 7.48. The van der Waals surface area contributed by atoms with Gasteiger partial charge < -0.3 is 4.18 Å². The van der Waals surface area contributed by atoms with Gasteiger partial charge in [-0.15, -0.1) is 0 Å². The van der Waals surface area contributed by atoms with E-state index >= 15 is 0 Å². The Bertz CT molecular complexity index is 1360. The van der Waals surface area contributed by atoms with Gasteiger partial charge in [-0.25, -0.2) is 8.78 Å². The second-order valence-electron chi connectivity index (χ2n) is 10.1. The fourth-order valence-electron chi connectivity index (χ4n) is 5.34. The van der Waals surface area contributed by atoms with Crippen LogP contribution in [0.3, 0.4) is 0 Å². The van der Waals surface area contributed by atoms with Crippen LogP contribution < -0.4 is 4.18 Å².